The highest BCUT2D eigenvalue weighted by molar-refractivity contribution is 6.32. The molecule has 2 rings (SSSR count). The monoisotopic (exact) mass is 268 g/mol. The number of nitrogens with zero attached hydrogens (tertiary/aromatic N) is 3. The lowest BCUT2D eigenvalue weighted by atomic mass is 10.3. The van der Waals surface area contributed by atoms with Crippen molar-refractivity contribution in [3.05, 3.63) is 11.2 Å². The summed E-state index contributed by atoms with van der Waals surface area (Å²) in [6, 6.07) is 0. The van der Waals surface area contributed by atoms with Crippen LogP contribution in [0.25, 0.3) is 0 Å². The van der Waals surface area contributed by atoms with Crippen molar-refractivity contribution in [2.75, 3.05) is 29.9 Å². The van der Waals surface area contributed by atoms with E-state index < -0.39 is 0 Å². The standard InChI is InChI=1S/C13H21ClN4/c1-3-7-18(9-10-5-6-10)12-11(14)8-16-13(17-12)15-4-2/h8,10H,3-7,9H2,1-2H3,(H,15,16,17). The Morgan fingerprint density at radius 3 is 2.83 bits per heavy atom. The Kier molecular flexibility index (Phi) is 4.64. The zero-order chi connectivity index (χ0) is 13.0. The van der Waals surface area contributed by atoms with Crippen LogP contribution in [0.5, 0.6) is 0 Å². The van der Waals surface area contributed by atoms with E-state index in [-0.39, 0.29) is 0 Å². The lowest BCUT2D eigenvalue weighted by Gasteiger charge is -2.24. The molecule has 100 valence electrons. The van der Waals surface area contributed by atoms with Gasteiger partial charge in [-0.3, -0.25) is 0 Å². The molecule has 4 nitrogen and oxygen atoms in total. The van der Waals surface area contributed by atoms with E-state index in [1.807, 2.05) is 6.92 Å². The topological polar surface area (TPSA) is 41.1 Å². The maximum atomic E-state index is 6.24. The van der Waals surface area contributed by atoms with E-state index >= 15 is 0 Å². The van der Waals surface area contributed by atoms with Gasteiger partial charge in [-0.25, -0.2) is 4.98 Å². The van der Waals surface area contributed by atoms with Crippen LogP contribution >= 0.6 is 11.6 Å². The minimum absolute atomic E-state index is 0.644. The first kappa shape index (κ1) is 13.4. The van der Waals surface area contributed by atoms with Crippen LogP contribution in [-0.4, -0.2) is 29.6 Å². The fourth-order valence-electron chi connectivity index (χ4n) is 1.99. The fourth-order valence-corrected chi connectivity index (χ4v) is 2.20. The fraction of sp³-hybridized carbons (Fsp3) is 0.692. The number of rotatable bonds is 7. The molecule has 1 aromatic rings. The van der Waals surface area contributed by atoms with E-state index in [1.165, 1.54) is 12.8 Å². The molecule has 5 heteroatoms. The zero-order valence-corrected chi connectivity index (χ0v) is 11.9. The first-order valence-electron chi connectivity index (χ1n) is 6.76. The molecule has 1 aromatic heterocycles. The normalized spacial score (nSPS) is 14.6. The lowest BCUT2D eigenvalue weighted by Crippen LogP contribution is -2.28. The van der Waals surface area contributed by atoms with Crippen LogP contribution in [0.2, 0.25) is 5.02 Å². The summed E-state index contributed by atoms with van der Waals surface area (Å²) in [6.07, 6.45) is 5.47. The van der Waals surface area contributed by atoms with Crippen LogP contribution < -0.4 is 10.2 Å². The van der Waals surface area contributed by atoms with E-state index in [2.05, 4.69) is 27.1 Å². The van der Waals surface area contributed by atoms with Gasteiger partial charge in [0.25, 0.3) is 0 Å². The van der Waals surface area contributed by atoms with Gasteiger partial charge in [0.2, 0.25) is 5.95 Å². The second-order valence-electron chi connectivity index (χ2n) is 4.78. The maximum Gasteiger partial charge on any atom is 0.224 e. The number of anilines is 2. The predicted octanol–water partition coefficient (Wildman–Crippen LogP) is 3.19. The van der Waals surface area contributed by atoms with E-state index in [1.54, 1.807) is 6.20 Å². The predicted molar refractivity (Wildman–Crippen MR) is 76.4 cm³/mol. The smallest absolute Gasteiger partial charge is 0.224 e. The number of hydrogen-bond donors (Lipinski definition) is 1. The molecule has 1 aliphatic rings. The Morgan fingerprint density at radius 2 is 2.22 bits per heavy atom. The molecule has 0 spiro atoms. The largest absolute Gasteiger partial charge is 0.355 e. The molecule has 0 aliphatic heterocycles. The highest BCUT2D eigenvalue weighted by Crippen LogP contribution is 2.33. The Balaban J connectivity index is 2.17. The quantitative estimate of drug-likeness (QED) is 0.825. The minimum Gasteiger partial charge on any atom is -0.355 e. The molecule has 1 fully saturated rings. The van der Waals surface area contributed by atoms with Crippen molar-refractivity contribution in [3.8, 4) is 0 Å². The molecule has 0 aromatic carbocycles. The molecule has 1 saturated carbocycles. The number of aromatic nitrogens is 2. The molecule has 1 N–H and O–H groups in total. The van der Waals surface area contributed by atoms with Crippen LogP contribution in [0.3, 0.4) is 0 Å². The highest BCUT2D eigenvalue weighted by Gasteiger charge is 2.25. The summed E-state index contributed by atoms with van der Waals surface area (Å²) < 4.78 is 0. The van der Waals surface area contributed by atoms with E-state index in [0.29, 0.717) is 11.0 Å². The third-order valence-corrected chi connectivity index (χ3v) is 3.30. The van der Waals surface area contributed by atoms with Gasteiger partial charge in [0, 0.05) is 19.6 Å². The first-order chi connectivity index (χ1) is 8.74. The molecule has 0 bridgehead atoms. The van der Waals surface area contributed by atoms with E-state index in [0.717, 1.165) is 37.8 Å². The van der Waals surface area contributed by atoms with Gasteiger partial charge in [-0.05, 0) is 32.1 Å². The summed E-state index contributed by atoms with van der Waals surface area (Å²) in [5.41, 5.74) is 0. The third kappa shape index (κ3) is 3.48. The Hall–Kier alpha value is -1.03. The molecular weight excluding hydrogens is 248 g/mol. The molecular formula is C13H21ClN4. The van der Waals surface area contributed by atoms with Crippen LogP contribution in [0.4, 0.5) is 11.8 Å². The molecule has 1 aliphatic carbocycles. The van der Waals surface area contributed by atoms with Crippen LogP contribution in [0.15, 0.2) is 6.20 Å². The Labute approximate surface area is 114 Å². The molecule has 0 saturated heterocycles. The van der Waals surface area contributed by atoms with Gasteiger partial charge in [-0.15, -0.1) is 0 Å². The SMILES string of the molecule is CCCN(CC1CC1)c1nc(NCC)ncc1Cl. The van der Waals surface area contributed by atoms with Gasteiger partial charge >= 0.3 is 0 Å². The van der Waals surface area contributed by atoms with Crippen molar-refractivity contribution < 1.29 is 0 Å². The number of nitrogens with one attached hydrogen (secondary N) is 1. The van der Waals surface area contributed by atoms with Gasteiger partial charge < -0.3 is 10.2 Å². The Bertz CT molecular complexity index is 393. The van der Waals surface area contributed by atoms with E-state index in [9.17, 15) is 0 Å². The average Bonchev–Trinajstić information content (AvgIpc) is 3.15. The van der Waals surface area contributed by atoms with Crippen molar-refractivity contribution >= 4 is 23.4 Å². The summed E-state index contributed by atoms with van der Waals surface area (Å²) >= 11 is 6.24. The van der Waals surface area contributed by atoms with Gasteiger partial charge in [0.15, 0.2) is 5.82 Å². The summed E-state index contributed by atoms with van der Waals surface area (Å²) in [4.78, 5) is 11.0. The highest BCUT2D eigenvalue weighted by atomic mass is 35.5. The second kappa shape index (κ2) is 6.23. The lowest BCUT2D eigenvalue weighted by molar-refractivity contribution is 0.698. The van der Waals surface area contributed by atoms with Gasteiger partial charge in [-0.2, -0.15) is 4.98 Å². The average molecular weight is 269 g/mol. The van der Waals surface area contributed by atoms with Crippen LogP contribution in [-0.2, 0) is 0 Å². The number of halogens is 1. The van der Waals surface area contributed by atoms with Gasteiger partial charge in [0.05, 0.1) is 6.20 Å². The van der Waals surface area contributed by atoms with Crippen LogP contribution in [0.1, 0.15) is 33.1 Å². The molecule has 18 heavy (non-hydrogen) atoms. The van der Waals surface area contributed by atoms with Gasteiger partial charge in [0.1, 0.15) is 5.02 Å². The minimum atomic E-state index is 0.644. The zero-order valence-electron chi connectivity index (χ0n) is 11.1. The molecule has 0 amide bonds. The summed E-state index contributed by atoms with van der Waals surface area (Å²) in [5, 5.41) is 3.78. The van der Waals surface area contributed by atoms with Crippen molar-refractivity contribution in [2.24, 2.45) is 5.92 Å². The first-order valence-corrected chi connectivity index (χ1v) is 7.13. The molecule has 1 heterocycles. The van der Waals surface area contributed by atoms with Crippen molar-refractivity contribution in [2.45, 2.75) is 33.1 Å². The van der Waals surface area contributed by atoms with Crippen LogP contribution in [0, 0.1) is 5.92 Å². The van der Waals surface area contributed by atoms with Crippen molar-refractivity contribution in [3.63, 3.8) is 0 Å². The summed E-state index contributed by atoms with van der Waals surface area (Å²) in [5.74, 6) is 2.36. The number of hydrogen-bond acceptors (Lipinski definition) is 4. The second-order valence-corrected chi connectivity index (χ2v) is 5.19. The van der Waals surface area contributed by atoms with E-state index in [4.69, 9.17) is 11.6 Å². The summed E-state index contributed by atoms with van der Waals surface area (Å²) in [7, 11) is 0. The molecule has 0 atom stereocenters. The van der Waals surface area contributed by atoms with Crippen molar-refractivity contribution in [1.29, 1.82) is 0 Å². The summed E-state index contributed by atoms with van der Waals surface area (Å²) in [6.45, 7) is 7.10. The molecule has 0 radical (unpaired) electrons. The Morgan fingerprint density at radius 1 is 1.44 bits per heavy atom. The maximum absolute atomic E-state index is 6.24. The molecule has 0 unspecified atom stereocenters. The van der Waals surface area contributed by atoms with Gasteiger partial charge in [-0.1, -0.05) is 18.5 Å². The third-order valence-electron chi connectivity index (χ3n) is 3.03. The van der Waals surface area contributed by atoms with Crippen molar-refractivity contribution in [1.82, 2.24) is 9.97 Å².